The summed E-state index contributed by atoms with van der Waals surface area (Å²) in [7, 11) is -7.91. The van der Waals surface area contributed by atoms with Gasteiger partial charge in [-0.3, -0.25) is 4.18 Å². The van der Waals surface area contributed by atoms with Gasteiger partial charge in [0.15, 0.2) is 11.6 Å². The highest BCUT2D eigenvalue weighted by atomic mass is 32.2. The maximum Gasteiger partial charge on any atom is 0.268 e. The summed E-state index contributed by atoms with van der Waals surface area (Å²) in [5.74, 6) is -2.10. The van der Waals surface area contributed by atoms with Crippen LogP contribution in [0.4, 0.5) is 14.5 Å². The Bertz CT molecular complexity index is 1760. The average Bonchev–Trinajstić information content (AvgIpc) is 3.25. The molecule has 8 nitrogen and oxygen atoms in total. The van der Waals surface area contributed by atoms with E-state index < -0.39 is 31.8 Å². The fraction of sp³-hybridized carbons (Fsp3) is 0.160. The summed E-state index contributed by atoms with van der Waals surface area (Å²) in [4.78, 5) is 3.05. The molecular weight excluding hydrogens is 526 g/mol. The van der Waals surface area contributed by atoms with Crippen molar-refractivity contribution in [3.63, 3.8) is 0 Å². The number of hydrogen-bond acceptors (Lipinski definition) is 6. The molecule has 0 saturated carbocycles. The number of halogens is 2. The Morgan fingerprint density at radius 3 is 2.32 bits per heavy atom. The van der Waals surface area contributed by atoms with Gasteiger partial charge in [0, 0.05) is 29.6 Å². The lowest BCUT2D eigenvalue weighted by Crippen LogP contribution is -2.12. The van der Waals surface area contributed by atoms with Crippen LogP contribution in [-0.2, 0) is 30.7 Å². The normalized spacial score (nSPS) is 12.0. The van der Waals surface area contributed by atoms with Gasteiger partial charge in [0.1, 0.15) is 11.6 Å². The van der Waals surface area contributed by atoms with Crippen LogP contribution in [0.5, 0.6) is 11.5 Å². The number of benzene rings is 3. The molecule has 0 aliphatic carbocycles. The molecule has 0 unspecified atom stereocenters. The van der Waals surface area contributed by atoms with Crippen molar-refractivity contribution in [1.82, 2.24) is 3.97 Å². The van der Waals surface area contributed by atoms with Crippen molar-refractivity contribution in [3.05, 3.63) is 95.0 Å². The van der Waals surface area contributed by atoms with Gasteiger partial charge in [-0.1, -0.05) is 17.7 Å². The molecule has 1 heterocycles. The summed E-state index contributed by atoms with van der Waals surface area (Å²) >= 11 is 0. The number of aromatic nitrogens is 1. The van der Waals surface area contributed by atoms with Crippen LogP contribution in [0.2, 0.25) is 0 Å². The first kappa shape index (κ1) is 26.3. The smallest absolute Gasteiger partial charge is 0.268 e. The van der Waals surface area contributed by atoms with E-state index in [0.717, 1.165) is 34.0 Å². The van der Waals surface area contributed by atoms with Gasteiger partial charge in [0.05, 0.1) is 29.8 Å². The first-order chi connectivity index (χ1) is 17.4. The van der Waals surface area contributed by atoms with Gasteiger partial charge in [0.2, 0.25) is 5.69 Å². The number of ether oxygens (including phenoxy) is 1. The fourth-order valence-electron chi connectivity index (χ4n) is 3.72. The average molecular weight is 547 g/mol. The standard InChI is InChI=1S/C25H20F2N2O6S2/c1-16-4-7-18(8-5-16)37(32,33)29-12-10-19-20(11-13-34-36(3,30)31)25(22(27)15-24(19)29)35-17-6-9-21(26)23(14-17)28-2/h4-10,12,14-15H,11,13H2,1,3H3. The summed E-state index contributed by atoms with van der Waals surface area (Å²) in [6.07, 6.45) is 1.96. The summed E-state index contributed by atoms with van der Waals surface area (Å²) in [6, 6.07) is 11.9. The molecule has 0 fully saturated rings. The molecule has 0 aliphatic rings. The highest BCUT2D eigenvalue weighted by Gasteiger charge is 2.24. The Morgan fingerprint density at radius 1 is 0.973 bits per heavy atom. The highest BCUT2D eigenvalue weighted by Crippen LogP contribution is 2.38. The zero-order valence-electron chi connectivity index (χ0n) is 19.6. The predicted molar refractivity (Wildman–Crippen MR) is 133 cm³/mol. The first-order valence-corrected chi connectivity index (χ1v) is 14.0. The second kappa shape index (κ2) is 9.93. The van der Waals surface area contributed by atoms with Crippen LogP contribution in [0.15, 0.2) is 65.7 Å². The van der Waals surface area contributed by atoms with Crippen LogP contribution in [0, 0.1) is 25.1 Å². The molecule has 0 amide bonds. The van der Waals surface area contributed by atoms with E-state index in [-0.39, 0.29) is 51.6 Å². The van der Waals surface area contributed by atoms with Crippen molar-refractivity contribution in [2.75, 3.05) is 12.9 Å². The third-order valence-electron chi connectivity index (χ3n) is 5.45. The maximum atomic E-state index is 15.5. The Morgan fingerprint density at radius 2 is 1.68 bits per heavy atom. The van der Waals surface area contributed by atoms with Crippen LogP contribution in [-0.4, -0.2) is 33.7 Å². The molecule has 0 bridgehead atoms. The van der Waals surface area contributed by atoms with Gasteiger partial charge in [-0.15, -0.1) is 0 Å². The molecule has 0 spiro atoms. The second-order valence-electron chi connectivity index (χ2n) is 8.13. The summed E-state index contributed by atoms with van der Waals surface area (Å²) < 4.78 is 90.2. The van der Waals surface area contributed by atoms with Gasteiger partial charge in [0.25, 0.3) is 20.1 Å². The Hall–Kier alpha value is -3.79. The molecule has 4 aromatic rings. The quantitative estimate of drug-likeness (QED) is 0.219. The largest absolute Gasteiger partial charge is 0.455 e. The van der Waals surface area contributed by atoms with Crippen molar-refractivity contribution < 1.29 is 34.5 Å². The molecule has 0 atom stereocenters. The molecular formula is C25H20F2N2O6S2. The zero-order chi connectivity index (χ0) is 27.0. The molecule has 192 valence electrons. The van der Waals surface area contributed by atoms with Crippen LogP contribution < -0.4 is 4.74 Å². The fourth-order valence-corrected chi connectivity index (χ4v) is 5.45. The van der Waals surface area contributed by atoms with E-state index in [2.05, 4.69) is 4.85 Å². The Kier molecular flexibility index (Phi) is 7.05. The van der Waals surface area contributed by atoms with Crippen molar-refractivity contribution >= 4 is 36.7 Å². The molecule has 0 radical (unpaired) electrons. The van der Waals surface area contributed by atoms with E-state index in [1.54, 1.807) is 12.1 Å². The third kappa shape index (κ3) is 5.48. The van der Waals surface area contributed by atoms with E-state index in [4.69, 9.17) is 15.5 Å². The number of fused-ring (bicyclic) bond motifs is 1. The van der Waals surface area contributed by atoms with Gasteiger partial charge < -0.3 is 4.74 Å². The van der Waals surface area contributed by atoms with Gasteiger partial charge in [-0.2, -0.15) is 8.42 Å². The Balaban J connectivity index is 1.86. The van der Waals surface area contributed by atoms with Crippen LogP contribution in [0.3, 0.4) is 0 Å². The van der Waals surface area contributed by atoms with Gasteiger partial charge in [-0.05, 0) is 43.3 Å². The van der Waals surface area contributed by atoms with Crippen LogP contribution >= 0.6 is 0 Å². The second-order valence-corrected chi connectivity index (χ2v) is 11.6. The van der Waals surface area contributed by atoms with Crippen molar-refractivity contribution in [3.8, 4) is 11.5 Å². The SMILES string of the molecule is [C-]#[N+]c1cc(Oc2c(F)cc3c(ccn3S(=O)(=O)c3ccc(C)cc3)c2CCOS(C)(=O)=O)ccc1F. The maximum absolute atomic E-state index is 15.5. The molecule has 0 saturated heterocycles. The number of rotatable bonds is 8. The number of nitrogens with zero attached hydrogens (tertiary/aromatic N) is 2. The Labute approximate surface area is 212 Å². The summed E-state index contributed by atoms with van der Waals surface area (Å²) in [5, 5.41) is 0.275. The monoisotopic (exact) mass is 546 g/mol. The molecule has 0 N–H and O–H groups in total. The van der Waals surface area contributed by atoms with E-state index >= 15 is 4.39 Å². The third-order valence-corrected chi connectivity index (χ3v) is 7.75. The molecule has 3 aromatic carbocycles. The molecule has 12 heteroatoms. The van der Waals surface area contributed by atoms with Crippen molar-refractivity contribution in [2.45, 2.75) is 18.2 Å². The van der Waals surface area contributed by atoms with E-state index in [1.807, 2.05) is 6.92 Å². The lowest BCUT2D eigenvalue weighted by Gasteiger charge is -2.15. The van der Waals surface area contributed by atoms with E-state index in [1.165, 1.54) is 30.5 Å². The molecule has 1 aromatic heterocycles. The topological polar surface area (TPSA) is 96.0 Å². The molecule has 4 rings (SSSR count). The lowest BCUT2D eigenvalue weighted by atomic mass is 10.1. The zero-order valence-corrected chi connectivity index (χ0v) is 21.2. The van der Waals surface area contributed by atoms with Crippen molar-refractivity contribution in [1.29, 1.82) is 0 Å². The minimum Gasteiger partial charge on any atom is -0.455 e. The highest BCUT2D eigenvalue weighted by molar-refractivity contribution is 7.90. The van der Waals surface area contributed by atoms with Gasteiger partial charge >= 0.3 is 0 Å². The summed E-state index contributed by atoms with van der Waals surface area (Å²) in [5.41, 5.74) is 0.654. The van der Waals surface area contributed by atoms with E-state index in [0.29, 0.717) is 0 Å². The van der Waals surface area contributed by atoms with Crippen molar-refractivity contribution in [2.24, 2.45) is 0 Å². The summed E-state index contributed by atoms with van der Waals surface area (Å²) in [6.45, 7) is 8.51. The number of hydrogen-bond donors (Lipinski definition) is 0. The minimum absolute atomic E-state index is 0.000680. The minimum atomic E-state index is -4.09. The van der Waals surface area contributed by atoms with Crippen LogP contribution in [0.1, 0.15) is 11.1 Å². The molecule has 0 aliphatic heterocycles. The predicted octanol–water partition coefficient (Wildman–Crippen LogP) is 5.33. The first-order valence-electron chi connectivity index (χ1n) is 10.7. The molecule has 37 heavy (non-hydrogen) atoms. The number of aryl methyl sites for hydroxylation is 1. The van der Waals surface area contributed by atoms with Crippen LogP contribution in [0.25, 0.3) is 15.7 Å². The van der Waals surface area contributed by atoms with E-state index in [9.17, 15) is 21.2 Å². The lowest BCUT2D eigenvalue weighted by molar-refractivity contribution is 0.323. The van der Waals surface area contributed by atoms with Gasteiger partial charge in [-0.25, -0.2) is 26.0 Å².